The van der Waals surface area contributed by atoms with E-state index in [4.69, 9.17) is 0 Å². The smallest absolute Gasteiger partial charge is 0.244 e. The minimum absolute atomic E-state index is 0.391. The van der Waals surface area contributed by atoms with Gasteiger partial charge in [0.2, 0.25) is 10.0 Å². The summed E-state index contributed by atoms with van der Waals surface area (Å²) in [4.78, 5) is 0.391. The summed E-state index contributed by atoms with van der Waals surface area (Å²) in [5.74, 6) is 1.74. The van der Waals surface area contributed by atoms with Crippen LogP contribution in [0.4, 0.5) is 0 Å². The largest absolute Gasteiger partial charge is 0.313 e. The molecule has 0 spiro atoms. The van der Waals surface area contributed by atoms with Gasteiger partial charge < -0.3 is 5.32 Å². The zero-order valence-corrected chi connectivity index (χ0v) is 15.6. The summed E-state index contributed by atoms with van der Waals surface area (Å²) in [6.45, 7) is 6.70. The van der Waals surface area contributed by atoms with E-state index < -0.39 is 10.0 Å². The van der Waals surface area contributed by atoms with Crippen molar-refractivity contribution in [2.24, 2.45) is 0 Å². The van der Waals surface area contributed by atoms with Crippen LogP contribution in [0.3, 0.4) is 0 Å². The lowest BCUT2D eigenvalue weighted by atomic mass is 10.1. The van der Waals surface area contributed by atoms with Gasteiger partial charge in [-0.1, -0.05) is 13.0 Å². The van der Waals surface area contributed by atoms with Gasteiger partial charge in [-0.15, -0.1) is 0 Å². The Balaban J connectivity index is 2.38. The standard InChI is InChI=1S/C14H21BrN2O2S2/c1-3-16-10-12-8-11(2)14(15)13(9-12)21(18,19)17-4-6-20-7-5-17/h8-9,16H,3-7,10H2,1-2H3. The molecule has 1 heterocycles. The maximum Gasteiger partial charge on any atom is 0.244 e. The zero-order chi connectivity index (χ0) is 15.5. The summed E-state index contributed by atoms with van der Waals surface area (Å²) in [5.41, 5.74) is 1.96. The first-order valence-corrected chi connectivity index (χ1v) is 10.4. The molecule has 1 aliphatic heterocycles. The van der Waals surface area contributed by atoms with Gasteiger partial charge in [0, 0.05) is 35.6 Å². The molecule has 0 bridgehead atoms. The van der Waals surface area contributed by atoms with Gasteiger partial charge in [0.15, 0.2) is 0 Å². The average Bonchev–Trinajstić information content (AvgIpc) is 2.49. The van der Waals surface area contributed by atoms with Gasteiger partial charge in [0.05, 0.1) is 4.90 Å². The second kappa shape index (κ2) is 7.46. The topological polar surface area (TPSA) is 49.4 Å². The van der Waals surface area contributed by atoms with Crippen molar-refractivity contribution < 1.29 is 8.42 Å². The number of sulfonamides is 1. The van der Waals surface area contributed by atoms with Gasteiger partial charge in [-0.05, 0) is 46.6 Å². The van der Waals surface area contributed by atoms with Crippen LogP contribution >= 0.6 is 27.7 Å². The molecule has 0 amide bonds. The average molecular weight is 393 g/mol. The van der Waals surface area contributed by atoms with Gasteiger partial charge in [0.1, 0.15) is 0 Å². The maximum absolute atomic E-state index is 12.9. The number of halogens is 1. The SMILES string of the molecule is CCNCc1cc(C)c(Br)c(S(=O)(=O)N2CCSCC2)c1. The van der Waals surface area contributed by atoms with Gasteiger partial charge >= 0.3 is 0 Å². The molecule has 1 aromatic rings. The van der Waals surface area contributed by atoms with Crippen molar-refractivity contribution in [2.45, 2.75) is 25.3 Å². The van der Waals surface area contributed by atoms with Crippen molar-refractivity contribution in [3.05, 3.63) is 27.7 Å². The van der Waals surface area contributed by atoms with E-state index >= 15 is 0 Å². The fourth-order valence-corrected chi connectivity index (χ4v) is 5.90. The first-order valence-electron chi connectivity index (χ1n) is 7.04. The molecule has 0 atom stereocenters. The Bertz CT molecular complexity index is 599. The molecule has 21 heavy (non-hydrogen) atoms. The van der Waals surface area contributed by atoms with Crippen molar-refractivity contribution >= 4 is 37.7 Å². The normalized spacial score (nSPS) is 17.1. The van der Waals surface area contributed by atoms with Crippen LogP contribution in [0.1, 0.15) is 18.1 Å². The lowest BCUT2D eigenvalue weighted by Gasteiger charge is -2.26. The van der Waals surface area contributed by atoms with Crippen LogP contribution in [-0.4, -0.2) is 43.9 Å². The Morgan fingerprint density at radius 3 is 2.62 bits per heavy atom. The summed E-state index contributed by atoms with van der Waals surface area (Å²) in [6.07, 6.45) is 0. The quantitative estimate of drug-likeness (QED) is 0.836. The summed E-state index contributed by atoms with van der Waals surface area (Å²) in [6, 6.07) is 3.81. The number of nitrogens with zero attached hydrogens (tertiary/aromatic N) is 1. The highest BCUT2D eigenvalue weighted by Gasteiger charge is 2.28. The van der Waals surface area contributed by atoms with E-state index in [1.807, 2.05) is 19.9 Å². The van der Waals surface area contributed by atoms with E-state index in [1.54, 1.807) is 22.1 Å². The lowest BCUT2D eigenvalue weighted by molar-refractivity contribution is 0.443. The van der Waals surface area contributed by atoms with E-state index in [2.05, 4.69) is 21.2 Å². The van der Waals surface area contributed by atoms with E-state index in [1.165, 1.54) is 0 Å². The molecule has 0 aromatic heterocycles. The first-order chi connectivity index (χ1) is 9.96. The number of aryl methyl sites for hydroxylation is 1. The summed E-state index contributed by atoms with van der Waals surface area (Å²) >= 11 is 5.26. The predicted molar refractivity (Wildman–Crippen MR) is 92.3 cm³/mol. The highest BCUT2D eigenvalue weighted by Crippen LogP contribution is 2.30. The molecule has 118 valence electrons. The molecular formula is C14H21BrN2O2S2. The Kier molecular flexibility index (Phi) is 6.14. The number of thioether (sulfide) groups is 1. The van der Waals surface area contributed by atoms with Crippen LogP contribution in [0.2, 0.25) is 0 Å². The molecule has 1 fully saturated rings. The summed E-state index contributed by atoms with van der Waals surface area (Å²) in [7, 11) is -3.42. The maximum atomic E-state index is 12.9. The second-order valence-corrected chi connectivity index (χ2v) is 8.95. The zero-order valence-electron chi connectivity index (χ0n) is 12.4. The van der Waals surface area contributed by atoms with Crippen LogP contribution < -0.4 is 5.32 Å². The van der Waals surface area contributed by atoms with Crippen LogP contribution in [0.25, 0.3) is 0 Å². The van der Waals surface area contributed by atoms with Gasteiger partial charge in [-0.25, -0.2) is 8.42 Å². The molecule has 7 heteroatoms. The Hall–Kier alpha value is -0.0800. The van der Waals surface area contributed by atoms with Crippen LogP contribution in [-0.2, 0) is 16.6 Å². The van der Waals surface area contributed by atoms with Crippen molar-refractivity contribution in [1.29, 1.82) is 0 Å². The molecule has 1 aliphatic rings. The Morgan fingerprint density at radius 2 is 2.00 bits per heavy atom. The molecule has 1 aromatic carbocycles. The third-order valence-corrected chi connectivity index (χ3v) is 7.63. The van der Waals surface area contributed by atoms with Crippen LogP contribution in [0.5, 0.6) is 0 Å². The van der Waals surface area contributed by atoms with Crippen LogP contribution in [0.15, 0.2) is 21.5 Å². The van der Waals surface area contributed by atoms with E-state index in [-0.39, 0.29) is 0 Å². The van der Waals surface area contributed by atoms with E-state index in [0.29, 0.717) is 29.0 Å². The fraction of sp³-hybridized carbons (Fsp3) is 0.571. The van der Waals surface area contributed by atoms with Gasteiger partial charge in [-0.2, -0.15) is 16.1 Å². The molecule has 1 saturated heterocycles. The summed E-state index contributed by atoms with van der Waals surface area (Å²) < 4.78 is 28.0. The third kappa shape index (κ3) is 4.01. The highest BCUT2D eigenvalue weighted by atomic mass is 79.9. The van der Waals surface area contributed by atoms with Crippen molar-refractivity contribution in [2.75, 3.05) is 31.1 Å². The Labute approximate surface area is 139 Å². The molecule has 0 radical (unpaired) electrons. The minimum atomic E-state index is -3.42. The summed E-state index contributed by atoms with van der Waals surface area (Å²) in [5, 5.41) is 3.24. The predicted octanol–water partition coefficient (Wildman–Crippen LogP) is 2.60. The number of benzene rings is 1. The van der Waals surface area contributed by atoms with Crippen molar-refractivity contribution in [1.82, 2.24) is 9.62 Å². The molecule has 0 saturated carbocycles. The number of rotatable bonds is 5. The van der Waals surface area contributed by atoms with Gasteiger partial charge in [-0.3, -0.25) is 0 Å². The molecule has 0 aliphatic carbocycles. The first kappa shape index (κ1) is 17.3. The molecule has 4 nitrogen and oxygen atoms in total. The minimum Gasteiger partial charge on any atom is -0.313 e. The van der Waals surface area contributed by atoms with E-state index in [9.17, 15) is 8.42 Å². The number of hydrogen-bond donors (Lipinski definition) is 1. The number of nitrogens with one attached hydrogen (secondary N) is 1. The lowest BCUT2D eigenvalue weighted by Crippen LogP contribution is -2.38. The third-order valence-electron chi connectivity index (χ3n) is 3.45. The van der Waals surface area contributed by atoms with Crippen LogP contribution in [0, 0.1) is 6.92 Å². The highest BCUT2D eigenvalue weighted by molar-refractivity contribution is 9.10. The Morgan fingerprint density at radius 1 is 1.33 bits per heavy atom. The van der Waals surface area contributed by atoms with Crippen molar-refractivity contribution in [3.8, 4) is 0 Å². The second-order valence-electron chi connectivity index (χ2n) is 5.02. The molecule has 1 N–H and O–H groups in total. The fourth-order valence-electron chi connectivity index (χ4n) is 2.29. The van der Waals surface area contributed by atoms with Gasteiger partial charge in [0.25, 0.3) is 0 Å². The molecule has 2 rings (SSSR count). The van der Waals surface area contributed by atoms with E-state index in [0.717, 1.165) is 29.2 Å². The monoisotopic (exact) mass is 392 g/mol. The number of hydrogen-bond acceptors (Lipinski definition) is 4. The molecule has 0 unspecified atom stereocenters. The van der Waals surface area contributed by atoms with Crippen molar-refractivity contribution in [3.63, 3.8) is 0 Å². The molecular weight excluding hydrogens is 372 g/mol.